The molecule has 37 heavy (non-hydrogen) atoms. The number of aromatic nitrogens is 4. The molecule has 1 aliphatic rings. The van der Waals surface area contributed by atoms with Gasteiger partial charge in [0.1, 0.15) is 19.0 Å². The van der Waals surface area contributed by atoms with E-state index >= 15 is 0 Å². The number of esters is 3. The third-order valence-electron chi connectivity index (χ3n) is 5.75. The molecule has 0 bridgehead atoms. The fourth-order valence-electron chi connectivity index (χ4n) is 4.23. The third-order valence-corrected chi connectivity index (χ3v) is 5.75. The van der Waals surface area contributed by atoms with Crippen LogP contribution in [-0.4, -0.2) is 68.9 Å². The molecule has 1 aliphatic heterocycles. The summed E-state index contributed by atoms with van der Waals surface area (Å²) < 4.78 is 23.7. The maximum Gasteiger partial charge on any atom is 0.303 e. The molecule has 2 aromatic heterocycles. The Morgan fingerprint density at radius 1 is 0.973 bits per heavy atom. The molecule has 0 amide bonds. The first-order valence-electron chi connectivity index (χ1n) is 11.9. The number of fused-ring (bicyclic) bond motifs is 1. The van der Waals surface area contributed by atoms with Crippen molar-refractivity contribution in [3.63, 3.8) is 0 Å². The molecule has 4 atom stereocenters. The summed E-state index contributed by atoms with van der Waals surface area (Å²) in [6.07, 6.45) is 0.828. The van der Waals surface area contributed by atoms with E-state index < -0.39 is 42.4 Å². The number of rotatable bonds is 10. The van der Waals surface area contributed by atoms with Crippen LogP contribution in [0.2, 0.25) is 0 Å². The molecule has 1 N–H and O–H groups in total. The van der Waals surface area contributed by atoms with Gasteiger partial charge in [0.05, 0.1) is 6.33 Å². The Labute approximate surface area is 213 Å². The summed E-state index contributed by atoms with van der Waals surface area (Å²) in [7, 11) is 0. The first-order chi connectivity index (χ1) is 17.8. The maximum absolute atomic E-state index is 11.9. The molecule has 0 radical (unpaired) electrons. The van der Waals surface area contributed by atoms with E-state index in [0.29, 0.717) is 23.5 Å². The number of imidazole rings is 1. The van der Waals surface area contributed by atoms with Crippen LogP contribution in [0, 0.1) is 0 Å². The smallest absolute Gasteiger partial charge is 0.303 e. The Hall–Kier alpha value is -4.06. The second-order valence-electron chi connectivity index (χ2n) is 8.58. The van der Waals surface area contributed by atoms with E-state index in [1.807, 2.05) is 18.2 Å². The minimum absolute atomic E-state index is 0.197. The van der Waals surface area contributed by atoms with Gasteiger partial charge in [-0.05, 0) is 18.4 Å². The number of hydrogen-bond donors (Lipinski definition) is 1. The third kappa shape index (κ3) is 6.39. The van der Waals surface area contributed by atoms with Gasteiger partial charge in [0.15, 0.2) is 35.4 Å². The van der Waals surface area contributed by atoms with Crippen molar-refractivity contribution < 1.29 is 33.3 Å². The molecule has 0 spiro atoms. The molecular weight excluding hydrogens is 482 g/mol. The number of anilines is 1. The summed E-state index contributed by atoms with van der Waals surface area (Å²) in [5.74, 6) is -1.17. The van der Waals surface area contributed by atoms with Crippen LogP contribution in [0.3, 0.4) is 0 Å². The van der Waals surface area contributed by atoms with E-state index in [-0.39, 0.29) is 6.61 Å². The second kappa shape index (κ2) is 11.8. The number of benzene rings is 1. The number of nitrogens with zero attached hydrogens (tertiary/aromatic N) is 4. The summed E-state index contributed by atoms with van der Waals surface area (Å²) in [6.45, 7) is 4.20. The molecule has 0 unspecified atom stereocenters. The Balaban J connectivity index is 1.56. The van der Waals surface area contributed by atoms with Crippen molar-refractivity contribution in [2.24, 2.45) is 0 Å². The highest BCUT2D eigenvalue weighted by Crippen LogP contribution is 2.36. The zero-order valence-corrected chi connectivity index (χ0v) is 20.8. The lowest BCUT2D eigenvalue weighted by atomic mass is 10.1. The minimum atomic E-state index is -1.03. The molecule has 12 nitrogen and oxygen atoms in total. The van der Waals surface area contributed by atoms with E-state index in [4.69, 9.17) is 18.9 Å². The maximum atomic E-state index is 11.9. The van der Waals surface area contributed by atoms with Gasteiger partial charge in [-0.1, -0.05) is 30.3 Å². The van der Waals surface area contributed by atoms with Crippen LogP contribution in [0.5, 0.6) is 0 Å². The molecule has 0 aliphatic carbocycles. The molecular formula is C25H29N5O7. The normalized spacial score (nSPS) is 20.9. The van der Waals surface area contributed by atoms with Crippen molar-refractivity contribution in [1.82, 2.24) is 19.5 Å². The zero-order valence-electron chi connectivity index (χ0n) is 20.8. The number of nitrogens with one attached hydrogen (secondary N) is 1. The Morgan fingerprint density at radius 3 is 2.41 bits per heavy atom. The zero-order chi connectivity index (χ0) is 26.4. The number of ether oxygens (including phenoxy) is 4. The summed E-state index contributed by atoms with van der Waals surface area (Å²) in [4.78, 5) is 48.3. The van der Waals surface area contributed by atoms with Crippen LogP contribution in [0.15, 0.2) is 43.0 Å². The highest BCUT2D eigenvalue weighted by Gasteiger charge is 2.51. The molecule has 1 saturated heterocycles. The fourth-order valence-corrected chi connectivity index (χ4v) is 4.23. The number of hydrogen-bond acceptors (Lipinski definition) is 11. The van der Waals surface area contributed by atoms with Crippen LogP contribution < -0.4 is 5.32 Å². The first kappa shape index (κ1) is 26.0. The molecule has 1 fully saturated rings. The Morgan fingerprint density at radius 2 is 1.70 bits per heavy atom. The number of carbonyl (C=O) groups excluding carboxylic acids is 3. The summed E-state index contributed by atoms with van der Waals surface area (Å²) in [5, 5.41) is 3.30. The molecule has 0 saturated carbocycles. The van der Waals surface area contributed by atoms with Gasteiger partial charge in [-0.25, -0.2) is 15.0 Å². The monoisotopic (exact) mass is 511 g/mol. The molecule has 12 heteroatoms. The lowest BCUT2D eigenvalue weighted by Crippen LogP contribution is -2.40. The first-order valence-corrected chi connectivity index (χ1v) is 11.9. The topological polar surface area (TPSA) is 144 Å². The van der Waals surface area contributed by atoms with Gasteiger partial charge >= 0.3 is 17.9 Å². The van der Waals surface area contributed by atoms with Gasteiger partial charge in [-0.15, -0.1) is 0 Å². The van der Waals surface area contributed by atoms with E-state index in [9.17, 15) is 14.4 Å². The van der Waals surface area contributed by atoms with Crippen molar-refractivity contribution in [2.75, 3.05) is 18.5 Å². The largest absolute Gasteiger partial charge is 0.463 e. The van der Waals surface area contributed by atoms with Crippen molar-refractivity contribution in [3.05, 3.63) is 48.5 Å². The molecule has 4 rings (SSSR count). The highest BCUT2D eigenvalue weighted by atomic mass is 16.7. The van der Waals surface area contributed by atoms with E-state index in [0.717, 1.165) is 12.8 Å². The van der Waals surface area contributed by atoms with Crippen LogP contribution >= 0.6 is 0 Å². The number of carbonyl (C=O) groups is 3. The average Bonchev–Trinajstić information content (AvgIpc) is 3.42. The lowest BCUT2D eigenvalue weighted by molar-refractivity contribution is -0.166. The average molecular weight is 512 g/mol. The minimum Gasteiger partial charge on any atom is -0.463 e. The van der Waals surface area contributed by atoms with Crippen molar-refractivity contribution in [3.8, 4) is 0 Å². The Kier molecular flexibility index (Phi) is 8.29. The molecule has 1 aromatic carbocycles. The van der Waals surface area contributed by atoms with Gasteiger partial charge in [0.2, 0.25) is 0 Å². The summed E-state index contributed by atoms with van der Waals surface area (Å²) in [6, 6.07) is 10.2. The van der Waals surface area contributed by atoms with Crippen molar-refractivity contribution in [1.29, 1.82) is 0 Å². The van der Waals surface area contributed by atoms with Gasteiger partial charge < -0.3 is 24.3 Å². The number of aryl methyl sites for hydroxylation is 1. The fraction of sp³-hybridized carbons (Fsp3) is 0.440. The summed E-state index contributed by atoms with van der Waals surface area (Å²) >= 11 is 0. The quantitative estimate of drug-likeness (QED) is 0.243. The molecule has 196 valence electrons. The van der Waals surface area contributed by atoms with Crippen LogP contribution in [0.4, 0.5) is 5.82 Å². The Bertz CT molecular complexity index is 1250. The predicted molar refractivity (Wildman–Crippen MR) is 130 cm³/mol. The second-order valence-corrected chi connectivity index (χ2v) is 8.58. The lowest BCUT2D eigenvalue weighted by Gasteiger charge is -2.23. The van der Waals surface area contributed by atoms with E-state index in [1.54, 1.807) is 4.57 Å². The molecule has 3 aromatic rings. The molecule has 3 heterocycles. The SMILES string of the molecule is CC(=O)OC[C@H]1O[C@@H](n2cnc3c(NCCCc4ccccc4)ncnc32)[C@H](OC(C)=O)[C@H]1OC(C)=O. The van der Waals surface area contributed by atoms with Crippen molar-refractivity contribution in [2.45, 2.75) is 58.2 Å². The van der Waals surface area contributed by atoms with E-state index in [2.05, 4.69) is 32.4 Å². The van der Waals surface area contributed by atoms with Gasteiger partial charge in [0, 0.05) is 27.3 Å². The summed E-state index contributed by atoms with van der Waals surface area (Å²) in [5.41, 5.74) is 2.18. The van der Waals surface area contributed by atoms with Crippen LogP contribution in [0.25, 0.3) is 11.2 Å². The van der Waals surface area contributed by atoms with E-state index in [1.165, 1.54) is 39.0 Å². The van der Waals surface area contributed by atoms with Crippen LogP contribution in [0.1, 0.15) is 39.0 Å². The van der Waals surface area contributed by atoms with Gasteiger partial charge in [-0.3, -0.25) is 19.0 Å². The standard InChI is InChI=1S/C25H29N5O7/c1-15(31)34-12-19-21(35-16(2)32)22(36-17(3)33)25(37-19)30-14-29-20-23(27-13-28-24(20)30)26-11-7-10-18-8-5-4-6-9-18/h4-6,8-9,13-14,19,21-22,25H,7,10-12H2,1-3H3,(H,26,27,28)/t19-,21+,22-,25-/m1/s1. The predicted octanol–water partition coefficient (Wildman–Crippen LogP) is 2.19. The highest BCUT2D eigenvalue weighted by molar-refractivity contribution is 5.82. The van der Waals surface area contributed by atoms with Gasteiger partial charge in [-0.2, -0.15) is 0 Å². The van der Waals surface area contributed by atoms with Gasteiger partial charge in [0.25, 0.3) is 0 Å². The van der Waals surface area contributed by atoms with Crippen molar-refractivity contribution >= 4 is 34.9 Å². The van der Waals surface area contributed by atoms with Crippen LogP contribution in [-0.2, 0) is 39.8 Å².